The molecule has 0 spiro atoms. The third kappa shape index (κ3) is 3.31. The van der Waals surface area contributed by atoms with Crippen molar-refractivity contribution in [3.8, 4) is 6.07 Å². The van der Waals surface area contributed by atoms with Crippen LogP contribution in [0.5, 0.6) is 0 Å². The van der Waals surface area contributed by atoms with E-state index in [0.717, 1.165) is 23.6 Å². The Hall–Kier alpha value is -2.95. The van der Waals surface area contributed by atoms with Gasteiger partial charge in [-0.15, -0.1) is 5.10 Å². The smallest absolute Gasteiger partial charge is 0.157 e. The lowest BCUT2D eigenvalue weighted by atomic mass is 10.1. The summed E-state index contributed by atoms with van der Waals surface area (Å²) in [7, 11) is 0. The molecule has 1 atom stereocenters. The summed E-state index contributed by atoms with van der Waals surface area (Å²) < 4.78 is 13.0. The molecule has 1 saturated heterocycles. The molecule has 7 nitrogen and oxygen atoms in total. The van der Waals surface area contributed by atoms with E-state index in [0.29, 0.717) is 25.3 Å². The number of hydrogen-bond acceptors (Lipinski definition) is 6. The second kappa shape index (κ2) is 6.89. The van der Waals surface area contributed by atoms with Crippen molar-refractivity contribution in [3.63, 3.8) is 0 Å². The highest BCUT2D eigenvalue weighted by atomic mass is 16.5. The van der Waals surface area contributed by atoms with Crippen molar-refractivity contribution in [2.24, 2.45) is 0 Å². The van der Waals surface area contributed by atoms with Crippen LogP contribution in [0.4, 0.5) is 0 Å². The Labute approximate surface area is 145 Å². The fourth-order valence-corrected chi connectivity index (χ4v) is 2.99. The molecule has 0 radical (unpaired) electrons. The molecule has 126 valence electrons. The molecule has 2 aromatic heterocycles. The predicted octanol–water partition coefficient (Wildman–Crippen LogP) is 2.32. The van der Waals surface area contributed by atoms with Gasteiger partial charge in [0.05, 0.1) is 43.8 Å². The number of benzene rings is 1. The highest BCUT2D eigenvalue weighted by Gasteiger charge is 2.30. The third-order valence-corrected chi connectivity index (χ3v) is 4.20. The Morgan fingerprint density at radius 2 is 2.12 bits per heavy atom. The molecular formula is C18H17N5O2. The molecule has 25 heavy (non-hydrogen) atoms. The van der Waals surface area contributed by atoms with Gasteiger partial charge < -0.3 is 9.15 Å². The van der Waals surface area contributed by atoms with E-state index in [1.807, 2.05) is 36.5 Å². The molecule has 4 rings (SSSR count). The van der Waals surface area contributed by atoms with Crippen molar-refractivity contribution in [2.75, 3.05) is 13.2 Å². The van der Waals surface area contributed by atoms with E-state index in [1.165, 1.54) is 0 Å². The summed E-state index contributed by atoms with van der Waals surface area (Å²) in [4.78, 5) is 2.16. The lowest BCUT2D eigenvalue weighted by molar-refractivity contribution is 0.0223. The van der Waals surface area contributed by atoms with Crippen molar-refractivity contribution >= 4 is 0 Å². The van der Waals surface area contributed by atoms with Gasteiger partial charge in [0.15, 0.2) is 6.23 Å². The first-order chi connectivity index (χ1) is 12.3. The van der Waals surface area contributed by atoms with E-state index in [2.05, 4.69) is 21.3 Å². The number of nitrogens with zero attached hydrogens (tertiary/aromatic N) is 5. The Bertz CT molecular complexity index is 881. The fourth-order valence-electron chi connectivity index (χ4n) is 2.99. The molecule has 0 N–H and O–H groups in total. The van der Waals surface area contributed by atoms with Gasteiger partial charge >= 0.3 is 0 Å². The summed E-state index contributed by atoms with van der Waals surface area (Å²) in [6, 6.07) is 13.5. The van der Waals surface area contributed by atoms with Crippen LogP contribution in [0.25, 0.3) is 0 Å². The number of hydrogen-bond donors (Lipinski definition) is 0. The molecule has 7 heteroatoms. The molecular weight excluding hydrogens is 318 g/mol. The molecule has 0 bridgehead atoms. The number of rotatable bonds is 5. The van der Waals surface area contributed by atoms with Crippen LogP contribution >= 0.6 is 0 Å². The van der Waals surface area contributed by atoms with Crippen LogP contribution in [0.3, 0.4) is 0 Å². The second-order valence-corrected chi connectivity index (χ2v) is 5.88. The zero-order valence-electron chi connectivity index (χ0n) is 13.6. The van der Waals surface area contributed by atoms with Gasteiger partial charge in [-0.05, 0) is 23.8 Å². The predicted molar refractivity (Wildman–Crippen MR) is 88.1 cm³/mol. The summed E-state index contributed by atoms with van der Waals surface area (Å²) in [6.45, 7) is 2.63. The van der Waals surface area contributed by atoms with E-state index >= 15 is 0 Å². The van der Waals surface area contributed by atoms with Crippen LogP contribution < -0.4 is 0 Å². The van der Waals surface area contributed by atoms with Gasteiger partial charge in [0.2, 0.25) is 0 Å². The number of nitriles is 1. The van der Waals surface area contributed by atoms with Crippen LogP contribution in [-0.2, 0) is 17.8 Å². The minimum atomic E-state index is -0.231. The van der Waals surface area contributed by atoms with E-state index < -0.39 is 0 Å². The first-order valence-corrected chi connectivity index (χ1v) is 8.09. The first kappa shape index (κ1) is 15.6. The number of furan rings is 1. The van der Waals surface area contributed by atoms with Crippen LogP contribution in [0.2, 0.25) is 0 Å². The van der Waals surface area contributed by atoms with Crippen molar-refractivity contribution in [2.45, 2.75) is 19.3 Å². The Morgan fingerprint density at radius 3 is 2.96 bits per heavy atom. The van der Waals surface area contributed by atoms with Crippen molar-refractivity contribution in [1.82, 2.24) is 19.9 Å². The molecule has 1 aliphatic rings. The van der Waals surface area contributed by atoms with Gasteiger partial charge in [0.25, 0.3) is 0 Å². The molecule has 0 saturated carbocycles. The van der Waals surface area contributed by atoms with E-state index in [4.69, 9.17) is 9.15 Å². The molecule has 0 amide bonds. The highest BCUT2D eigenvalue weighted by Crippen LogP contribution is 2.27. The summed E-state index contributed by atoms with van der Waals surface area (Å²) >= 11 is 0. The van der Waals surface area contributed by atoms with E-state index in [9.17, 15) is 5.26 Å². The van der Waals surface area contributed by atoms with Gasteiger partial charge in [-0.1, -0.05) is 23.4 Å². The third-order valence-electron chi connectivity index (χ3n) is 4.20. The zero-order chi connectivity index (χ0) is 17.1. The summed E-state index contributed by atoms with van der Waals surface area (Å²) in [5, 5.41) is 17.7. The lowest BCUT2D eigenvalue weighted by Gasteiger charge is -2.19. The summed E-state index contributed by atoms with van der Waals surface area (Å²) in [5.74, 6) is 0.894. The SMILES string of the molecule is N#Cc1ccccc1Cn1cc(C2OCCN2Cc2ccco2)nn1. The van der Waals surface area contributed by atoms with Crippen molar-refractivity contribution in [1.29, 1.82) is 5.26 Å². The largest absolute Gasteiger partial charge is 0.468 e. The van der Waals surface area contributed by atoms with Gasteiger partial charge in [0.1, 0.15) is 11.5 Å². The molecule has 3 heterocycles. The van der Waals surface area contributed by atoms with Gasteiger partial charge in [-0.25, -0.2) is 4.68 Å². The Balaban J connectivity index is 1.49. The highest BCUT2D eigenvalue weighted by molar-refractivity contribution is 5.37. The standard InChI is InChI=1S/C18H17N5O2/c19-10-14-4-1-2-5-15(14)11-23-13-17(20-21-23)18-22(7-9-25-18)12-16-6-3-8-24-16/h1-6,8,13,18H,7,9,11-12H2. The minimum absolute atomic E-state index is 0.231. The average molecular weight is 335 g/mol. The molecule has 1 unspecified atom stereocenters. The van der Waals surface area contributed by atoms with Gasteiger partial charge in [-0.2, -0.15) is 5.26 Å². The normalized spacial score (nSPS) is 17.6. The lowest BCUT2D eigenvalue weighted by Crippen LogP contribution is -2.23. The quantitative estimate of drug-likeness (QED) is 0.712. The van der Waals surface area contributed by atoms with E-state index in [-0.39, 0.29) is 6.23 Å². The zero-order valence-corrected chi connectivity index (χ0v) is 13.6. The number of aromatic nitrogens is 3. The summed E-state index contributed by atoms with van der Waals surface area (Å²) in [6.07, 6.45) is 3.31. The minimum Gasteiger partial charge on any atom is -0.468 e. The Morgan fingerprint density at radius 1 is 1.20 bits per heavy atom. The van der Waals surface area contributed by atoms with Gasteiger partial charge in [-0.3, -0.25) is 4.90 Å². The van der Waals surface area contributed by atoms with Crippen molar-refractivity contribution < 1.29 is 9.15 Å². The maximum atomic E-state index is 9.20. The topological polar surface area (TPSA) is 80.1 Å². The summed E-state index contributed by atoms with van der Waals surface area (Å²) in [5.41, 5.74) is 2.33. The van der Waals surface area contributed by atoms with Crippen LogP contribution in [0.15, 0.2) is 53.3 Å². The van der Waals surface area contributed by atoms with Crippen LogP contribution in [0, 0.1) is 11.3 Å². The molecule has 1 fully saturated rings. The van der Waals surface area contributed by atoms with E-state index in [1.54, 1.807) is 17.0 Å². The second-order valence-electron chi connectivity index (χ2n) is 5.88. The fraction of sp³-hybridized carbons (Fsp3) is 0.278. The first-order valence-electron chi connectivity index (χ1n) is 8.09. The molecule has 1 aromatic carbocycles. The van der Waals surface area contributed by atoms with Crippen LogP contribution in [-0.4, -0.2) is 33.0 Å². The number of ether oxygens (including phenoxy) is 1. The molecule has 1 aliphatic heterocycles. The average Bonchev–Trinajstić information content (AvgIpc) is 3.38. The van der Waals surface area contributed by atoms with Gasteiger partial charge in [0, 0.05) is 6.54 Å². The molecule has 0 aliphatic carbocycles. The van der Waals surface area contributed by atoms with Crippen LogP contribution in [0.1, 0.15) is 28.8 Å². The monoisotopic (exact) mass is 335 g/mol. The maximum absolute atomic E-state index is 9.20. The Kier molecular flexibility index (Phi) is 4.29. The maximum Gasteiger partial charge on any atom is 0.157 e. The van der Waals surface area contributed by atoms with Crippen molar-refractivity contribution in [3.05, 3.63) is 71.4 Å². The molecule has 3 aromatic rings.